The first-order chi connectivity index (χ1) is 7.78. The standard InChI is InChI=1S/C13H24N2OSi/c1-13(2,3)17(4,5)16-12(10-14)11-8-6-7-9-15-11/h6-9,12H,10,14H2,1-5H3/t12-/m1/s1. The number of hydrogen-bond acceptors (Lipinski definition) is 3. The molecule has 0 aromatic carbocycles. The summed E-state index contributed by atoms with van der Waals surface area (Å²) < 4.78 is 6.29. The van der Waals surface area contributed by atoms with Gasteiger partial charge in [-0.2, -0.15) is 0 Å². The molecule has 0 saturated carbocycles. The van der Waals surface area contributed by atoms with Gasteiger partial charge in [-0.3, -0.25) is 4.98 Å². The smallest absolute Gasteiger partial charge is 0.193 e. The lowest BCUT2D eigenvalue weighted by molar-refractivity contribution is 0.187. The summed E-state index contributed by atoms with van der Waals surface area (Å²) in [7, 11) is -1.79. The first kappa shape index (κ1) is 14.3. The average molecular weight is 252 g/mol. The molecule has 0 aliphatic carbocycles. The second kappa shape index (κ2) is 5.29. The molecular weight excluding hydrogens is 228 g/mol. The molecule has 2 N–H and O–H groups in total. The van der Waals surface area contributed by atoms with Crippen molar-refractivity contribution in [3.63, 3.8) is 0 Å². The van der Waals surface area contributed by atoms with E-state index in [1.165, 1.54) is 0 Å². The average Bonchev–Trinajstić information content (AvgIpc) is 2.25. The molecule has 0 aliphatic heterocycles. The van der Waals surface area contributed by atoms with E-state index in [0.29, 0.717) is 6.54 Å². The van der Waals surface area contributed by atoms with Crippen molar-refractivity contribution in [3.05, 3.63) is 30.1 Å². The fourth-order valence-corrected chi connectivity index (χ4v) is 2.61. The minimum absolute atomic E-state index is 0.0860. The number of rotatable bonds is 4. The lowest BCUT2D eigenvalue weighted by Gasteiger charge is -2.38. The Labute approximate surface area is 106 Å². The second-order valence-electron chi connectivity index (χ2n) is 5.86. The third-order valence-electron chi connectivity index (χ3n) is 3.47. The molecule has 0 radical (unpaired) electrons. The minimum atomic E-state index is -1.79. The molecule has 1 aromatic rings. The Kier molecular flexibility index (Phi) is 4.46. The Hall–Kier alpha value is -0.713. The van der Waals surface area contributed by atoms with E-state index in [4.69, 9.17) is 10.2 Å². The van der Waals surface area contributed by atoms with E-state index in [0.717, 1.165) is 5.69 Å². The van der Waals surface area contributed by atoms with Crippen LogP contribution in [-0.4, -0.2) is 19.8 Å². The van der Waals surface area contributed by atoms with Gasteiger partial charge in [0.2, 0.25) is 0 Å². The maximum atomic E-state index is 6.29. The molecule has 1 aromatic heterocycles. The Morgan fingerprint density at radius 2 is 2.00 bits per heavy atom. The fourth-order valence-electron chi connectivity index (χ4n) is 1.33. The van der Waals surface area contributed by atoms with Gasteiger partial charge in [0.25, 0.3) is 0 Å². The molecule has 0 saturated heterocycles. The summed E-state index contributed by atoms with van der Waals surface area (Å²) in [5, 5.41) is 0.190. The summed E-state index contributed by atoms with van der Waals surface area (Å²) in [5.74, 6) is 0. The Balaban J connectivity index is 2.85. The first-order valence-corrected chi connectivity index (χ1v) is 8.97. The van der Waals surface area contributed by atoms with Crippen LogP contribution in [0.5, 0.6) is 0 Å². The monoisotopic (exact) mass is 252 g/mol. The van der Waals surface area contributed by atoms with Gasteiger partial charge in [-0.15, -0.1) is 0 Å². The van der Waals surface area contributed by atoms with Crippen molar-refractivity contribution in [2.45, 2.75) is 45.0 Å². The van der Waals surface area contributed by atoms with Crippen molar-refractivity contribution in [1.82, 2.24) is 4.98 Å². The molecule has 1 atom stereocenters. The number of pyridine rings is 1. The van der Waals surface area contributed by atoms with Crippen molar-refractivity contribution in [2.75, 3.05) is 6.54 Å². The van der Waals surface area contributed by atoms with Crippen LogP contribution in [0.1, 0.15) is 32.6 Å². The molecule has 0 spiro atoms. The summed E-state index contributed by atoms with van der Waals surface area (Å²) in [5.41, 5.74) is 6.74. The maximum Gasteiger partial charge on any atom is 0.193 e. The van der Waals surface area contributed by atoms with Crippen LogP contribution in [0.3, 0.4) is 0 Å². The molecule has 3 nitrogen and oxygen atoms in total. The summed E-state index contributed by atoms with van der Waals surface area (Å²) in [6.45, 7) is 11.6. The Bertz CT molecular complexity index is 346. The van der Waals surface area contributed by atoms with Crippen LogP contribution in [-0.2, 0) is 4.43 Å². The van der Waals surface area contributed by atoms with Crippen LogP contribution in [0.4, 0.5) is 0 Å². The van der Waals surface area contributed by atoms with E-state index in [2.05, 4.69) is 38.8 Å². The number of aromatic nitrogens is 1. The number of hydrogen-bond donors (Lipinski definition) is 1. The lowest BCUT2D eigenvalue weighted by atomic mass is 10.2. The van der Waals surface area contributed by atoms with Crippen LogP contribution >= 0.6 is 0 Å². The molecule has 1 rings (SSSR count). The summed E-state index contributed by atoms with van der Waals surface area (Å²) in [6.07, 6.45) is 1.70. The summed E-state index contributed by atoms with van der Waals surface area (Å²) in [4.78, 5) is 4.33. The van der Waals surface area contributed by atoms with E-state index in [1.54, 1.807) is 6.20 Å². The molecule has 17 heavy (non-hydrogen) atoms. The van der Waals surface area contributed by atoms with Gasteiger partial charge in [0.15, 0.2) is 8.32 Å². The van der Waals surface area contributed by atoms with Gasteiger partial charge in [-0.1, -0.05) is 26.8 Å². The highest BCUT2D eigenvalue weighted by molar-refractivity contribution is 6.74. The van der Waals surface area contributed by atoms with Crippen molar-refractivity contribution in [2.24, 2.45) is 5.73 Å². The van der Waals surface area contributed by atoms with Gasteiger partial charge in [0.1, 0.15) is 0 Å². The van der Waals surface area contributed by atoms with Crippen LogP contribution in [0, 0.1) is 0 Å². The molecule has 0 fully saturated rings. The zero-order chi connectivity index (χ0) is 13.1. The van der Waals surface area contributed by atoms with Crippen molar-refractivity contribution in [1.29, 1.82) is 0 Å². The normalized spacial score (nSPS) is 14.7. The summed E-state index contributed by atoms with van der Waals surface area (Å²) >= 11 is 0. The van der Waals surface area contributed by atoms with Crippen LogP contribution < -0.4 is 5.73 Å². The van der Waals surface area contributed by atoms with Crippen LogP contribution in [0.15, 0.2) is 24.4 Å². The highest BCUT2D eigenvalue weighted by atomic mass is 28.4. The number of nitrogens with two attached hydrogens (primary N) is 1. The zero-order valence-corrected chi connectivity index (χ0v) is 12.5. The molecule has 0 unspecified atom stereocenters. The number of nitrogens with zero attached hydrogens (tertiary/aromatic N) is 1. The molecule has 0 amide bonds. The van der Waals surface area contributed by atoms with Crippen molar-refractivity contribution >= 4 is 8.32 Å². The third-order valence-corrected chi connectivity index (χ3v) is 7.96. The molecule has 0 bridgehead atoms. The molecule has 4 heteroatoms. The zero-order valence-electron chi connectivity index (χ0n) is 11.5. The summed E-state index contributed by atoms with van der Waals surface area (Å²) in [6, 6.07) is 5.86. The molecular formula is C13H24N2OSi. The third kappa shape index (κ3) is 3.62. The van der Waals surface area contributed by atoms with E-state index in [9.17, 15) is 0 Å². The molecule has 96 valence electrons. The molecule has 1 heterocycles. The quantitative estimate of drug-likeness (QED) is 0.838. The van der Waals surface area contributed by atoms with Gasteiger partial charge in [0.05, 0.1) is 11.8 Å². The minimum Gasteiger partial charge on any atom is -0.407 e. The van der Waals surface area contributed by atoms with Gasteiger partial charge >= 0.3 is 0 Å². The van der Waals surface area contributed by atoms with E-state index in [-0.39, 0.29) is 11.1 Å². The highest BCUT2D eigenvalue weighted by Gasteiger charge is 2.39. The fraction of sp³-hybridized carbons (Fsp3) is 0.615. The van der Waals surface area contributed by atoms with Gasteiger partial charge < -0.3 is 10.2 Å². The van der Waals surface area contributed by atoms with Crippen molar-refractivity contribution < 1.29 is 4.43 Å². The van der Waals surface area contributed by atoms with Crippen LogP contribution in [0.2, 0.25) is 18.1 Å². The van der Waals surface area contributed by atoms with E-state index < -0.39 is 8.32 Å². The van der Waals surface area contributed by atoms with Gasteiger partial charge in [-0.05, 0) is 30.3 Å². The van der Waals surface area contributed by atoms with Crippen molar-refractivity contribution in [3.8, 4) is 0 Å². The molecule has 0 aliphatic rings. The van der Waals surface area contributed by atoms with E-state index in [1.807, 2.05) is 18.2 Å². The largest absolute Gasteiger partial charge is 0.407 e. The van der Waals surface area contributed by atoms with Gasteiger partial charge in [0, 0.05) is 12.7 Å². The lowest BCUT2D eigenvalue weighted by Crippen LogP contribution is -2.43. The maximum absolute atomic E-state index is 6.29. The van der Waals surface area contributed by atoms with E-state index >= 15 is 0 Å². The second-order valence-corrected chi connectivity index (χ2v) is 10.6. The van der Waals surface area contributed by atoms with Gasteiger partial charge in [-0.25, -0.2) is 0 Å². The SMILES string of the molecule is CC(C)(C)[Si](C)(C)O[C@H](CN)c1ccccn1. The predicted molar refractivity (Wildman–Crippen MR) is 74.3 cm³/mol. The highest BCUT2D eigenvalue weighted by Crippen LogP contribution is 2.39. The van der Waals surface area contributed by atoms with Crippen LogP contribution in [0.25, 0.3) is 0 Å². The predicted octanol–water partition coefficient (Wildman–Crippen LogP) is 3.10. The Morgan fingerprint density at radius 1 is 1.35 bits per heavy atom. The topological polar surface area (TPSA) is 48.1 Å². The first-order valence-electron chi connectivity index (χ1n) is 6.07. The Morgan fingerprint density at radius 3 is 2.41 bits per heavy atom.